The Bertz CT molecular complexity index is 974. The van der Waals surface area contributed by atoms with Crippen molar-refractivity contribution in [3.05, 3.63) is 82.2 Å². The molecule has 0 fully saturated rings. The maximum Gasteiger partial charge on any atom is 0.416 e. The van der Waals surface area contributed by atoms with Crippen molar-refractivity contribution in [3.8, 4) is 5.75 Å². The molecule has 0 aliphatic heterocycles. The Labute approximate surface area is 165 Å². The first-order chi connectivity index (χ1) is 13.8. The van der Waals surface area contributed by atoms with Gasteiger partial charge >= 0.3 is 12.1 Å². The molecule has 3 aromatic rings. The summed E-state index contributed by atoms with van der Waals surface area (Å²) in [6.45, 7) is 3.39. The van der Waals surface area contributed by atoms with Crippen molar-refractivity contribution in [2.24, 2.45) is 0 Å². The first-order valence-electron chi connectivity index (χ1n) is 8.72. The third kappa shape index (κ3) is 4.96. The van der Waals surface area contributed by atoms with Crippen LogP contribution in [0, 0.1) is 13.8 Å². The predicted molar refractivity (Wildman–Crippen MR) is 97.3 cm³/mol. The molecule has 152 valence electrons. The topological polar surface area (TPSA) is 61.6 Å². The number of aromatic nitrogens is 1. The largest absolute Gasteiger partial charge is 0.489 e. The monoisotopic (exact) mass is 405 g/mol. The van der Waals surface area contributed by atoms with E-state index in [1.54, 1.807) is 19.1 Å². The van der Waals surface area contributed by atoms with Crippen LogP contribution in [0.4, 0.5) is 13.2 Å². The Hall–Kier alpha value is -3.29. The van der Waals surface area contributed by atoms with Gasteiger partial charge in [-0.25, -0.2) is 4.79 Å². The van der Waals surface area contributed by atoms with Crippen LogP contribution < -0.4 is 4.74 Å². The number of rotatable bonds is 6. The Morgan fingerprint density at radius 3 is 2.34 bits per heavy atom. The maximum absolute atomic E-state index is 13.0. The fourth-order valence-corrected chi connectivity index (χ4v) is 2.70. The number of benzene rings is 2. The number of carbonyl (C=O) groups is 1. The average molecular weight is 405 g/mol. The summed E-state index contributed by atoms with van der Waals surface area (Å²) in [6, 6.07) is 11.1. The number of nitrogens with zero attached hydrogens (tertiary/aromatic N) is 1. The van der Waals surface area contributed by atoms with Crippen LogP contribution >= 0.6 is 0 Å². The number of halogens is 3. The Balaban J connectivity index is 1.60. The minimum absolute atomic E-state index is 0.104. The lowest BCUT2D eigenvalue weighted by molar-refractivity contribution is -0.138. The number of alkyl halides is 3. The highest BCUT2D eigenvalue weighted by atomic mass is 19.4. The summed E-state index contributed by atoms with van der Waals surface area (Å²) in [7, 11) is 0. The van der Waals surface area contributed by atoms with Gasteiger partial charge in [0, 0.05) is 5.56 Å². The van der Waals surface area contributed by atoms with Gasteiger partial charge in [0.1, 0.15) is 24.7 Å². The van der Waals surface area contributed by atoms with Gasteiger partial charge in [0.05, 0.1) is 22.4 Å². The van der Waals surface area contributed by atoms with Crippen LogP contribution in [0.5, 0.6) is 5.75 Å². The maximum atomic E-state index is 13.0. The van der Waals surface area contributed by atoms with Gasteiger partial charge < -0.3 is 14.0 Å². The summed E-state index contributed by atoms with van der Waals surface area (Å²) in [5.74, 6) is 0.463. The van der Waals surface area contributed by atoms with Gasteiger partial charge in [-0.05, 0) is 44.2 Å². The minimum atomic E-state index is -4.51. The zero-order valence-corrected chi connectivity index (χ0v) is 15.7. The van der Waals surface area contributed by atoms with E-state index in [2.05, 4.69) is 5.16 Å². The van der Waals surface area contributed by atoms with Crippen molar-refractivity contribution in [2.75, 3.05) is 0 Å². The summed E-state index contributed by atoms with van der Waals surface area (Å²) >= 11 is 0. The second kappa shape index (κ2) is 8.38. The zero-order valence-electron chi connectivity index (χ0n) is 15.7. The van der Waals surface area contributed by atoms with E-state index in [1.165, 1.54) is 30.3 Å². The van der Waals surface area contributed by atoms with Crippen LogP contribution in [-0.2, 0) is 24.1 Å². The second-order valence-electron chi connectivity index (χ2n) is 6.35. The Kier molecular flexibility index (Phi) is 5.91. The third-order valence-corrected chi connectivity index (χ3v) is 4.34. The number of carbonyl (C=O) groups excluding carboxylic acids is 1. The van der Waals surface area contributed by atoms with E-state index in [0.29, 0.717) is 11.5 Å². The average Bonchev–Trinajstić information content (AvgIpc) is 3.02. The molecule has 1 heterocycles. The number of esters is 1. The third-order valence-electron chi connectivity index (χ3n) is 4.34. The van der Waals surface area contributed by atoms with Crippen molar-refractivity contribution in [2.45, 2.75) is 33.2 Å². The van der Waals surface area contributed by atoms with Gasteiger partial charge in [-0.3, -0.25) is 0 Å². The summed E-state index contributed by atoms with van der Waals surface area (Å²) in [5.41, 5.74) is 0.862. The van der Waals surface area contributed by atoms with Crippen molar-refractivity contribution in [1.82, 2.24) is 5.16 Å². The van der Waals surface area contributed by atoms with Crippen LogP contribution in [0.15, 0.2) is 53.1 Å². The SMILES string of the molecule is Cc1noc(C)c1COc1ccc(C(=O)OCc2ccccc2C(F)(F)F)cc1. The lowest BCUT2D eigenvalue weighted by Gasteiger charge is -2.13. The fraction of sp³-hybridized carbons (Fsp3) is 0.238. The van der Waals surface area contributed by atoms with Crippen molar-refractivity contribution in [1.29, 1.82) is 0 Å². The van der Waals surface area contributed by atoms with Crippen molar-refractivity contribution >= 4 is 5.97 Å². The molecule has 2 aromatic carbocycles. The highest BCUT2D eigenvalue weighted by Crippen LogP contribution is 2.32. The smallest absolute Gasteiger partial charge is 0.416 e. The Morgan fingerprint density at radius 1 is 1.03 bits per heavy atom. The van der Waals surface area contributed by atoms with E-state index in [4.69, 9.17) is 14.0 Å². The van der Waals surface area contributed by atoms with Crippen LogP contribution in [0.25, 0.3) is 0 Å². The molecule has 0 amide bonds. The number of aryl methyl sites for hydroxylation is 2. The highest BCUT2D eigenvalue weighted by molar-refractivity contribution is 5.89. The van der Waals surface area contributed by atoms with E-state index < -0.39 is 24.3 Å². The molecule has 8 heteroatoms. The molecule has 0 bridgehead atoms. The van der Waals surface area contributed by atoms with Crippen molar-refractivity contribution < 1.29 is 32.0 Å². The van der Waals surface area contributed by atoms with Crippen molar-refractivity contribution in [3.63, 3.8) is 0 Å². The van der Waals surface area contributed by atoms with Crippen LogP contribution in [0.3, 0.4) is 0 Å². The van der Waals surface area contributed by atoms with Crippen LogP contribution in [0.1, 0.15) is 38.5 Å². The molecule has 0 saturated heterocycles. The molecule has 0 spiro atoms. The molecule has 0 unspecified atom stereocenters. The van der Waals surface area contributed by atoms with E-state index in [9.17, 15) is 18.0 Å². The molecule has 0 radical (unpaired) electrons. The first kappa shape index (κ1) is 20.4. The van der Waals surface area contributed by atoms with Gasteiger partial charge in [-0.2, -0.15) is 13.2 Å². The molecule has 0 aliphatic carbocycles. The second-order valence-corrected chi connectivity index (χ2v) is 6.35. The molecular formula is C21H18F3NO4. The van der Waals surface area contributed by atoms with Gasteiger partial charge in [0.25, 0.3) is 0 Å². The molecule has 0 saturated carbocycles. The molecule has 29 heavy (non-hydrogen) atoms. The summed E-state index contributed by atoms with van der Waals surface area (Å²) < 4.78 is 54.8. The number of hydrogen-bond acceptors (Lipinski definition) is 5. The molecular weight excluding hydrogens is 387 g/mol. The van der Waals surface area contributed by atoms with Gasteiger partial charge in [0.15, 0.2) is 0 Å². The molecule has 3 rings (SSSR count). The van der Waals surface area contributed by atoms with E-state index in [-0.39, 0.29) is 17.7 Å². The first-order valence-corrected chi connectivity index (χ1v) is 8.72. The van der Waals surface area contributed by atoms with Crippen LogP contribution in [0.2, 0.25) is 0 Å². The lowest BCUT2D eigenvalue weighted by Crippen LogP contribution is -2.12. The van der Waals surface area contributed by atoms with E-state index >= 15 is 0 Å². The number of hydrogen-bond donors (Lipinski definition) is 0. The summed E-state index contributed by atoms with van der Waals surface area (Å²) in [4.78, 5) is 12.2. The zero-order chi connectivity index (χ0) is 21.0. The van der Waals surface area contributed by atoms with Gasteiger partial charge in [-0.15, -0.1) is 0 Å². The molecule has 1 aromatic heterocycles. The Morgan fingerprint density at radius 2 is 1.72 bits per heavy atom. The van der Waals surface area contributed by atoms with Gasteiger partial charge in [-0.1, -0.05) is 23.4 Å². The molecule has 5 nitrogen and oxygen atoms in total. The summed E-state index contributed by atoms with van der Waals surface area (Å²) in [5, 5.41) is 3.85. The molecule has 0 aliphatic rings. The standard InChI is InChI=1S/C21H18F3NO4/c1-13-18(14(2)29-25-13)12-27-17-9-7-15(8-10-17)20(26)28-11-16-5-3-4-6-19(16)21(22,23)24/h3-10H,11-12H2,1-2H3. The lowest BCUT2D eigenvalue weighted by atomic mass is 10.1. The minimum Gasteiger partial charge on any atom is -0.489 e. The normalized spacial score (nSPS) is 11.3. The summed E-state index contributed by atoms with van der Waals surface area (Å²) in [6.07, 6.45) is -4.51. The molecule has 0 N–H and O–H groups in total. The highest BCUT2D eigenvalue weighted by Gasteiger charge is 2.33. The van der Waals surface area contributed by atoms with Crippen LogP contribution in [-0.4, -0.2) is 11.1 Å². The predicted octanol–water partition coefficient (Wildman–Crippen LogP) is 5.25. The fourth-order valence-electron chi connectivity index (χ4n) is 2.70. The molecule has 0 atom stereocenters. The quantitative estimate of drug-likeness (QED) is 0.525. The van der Waals surface area contributed by atoms with Gasteiger partial charge in [0.2, 0.25) is 0 Å². The van der Waals surface area contributed by atoms with E-state index in [1.807, 2.05) is 6.92 Å². The number of ether oxygens (including phenoxy) is 2. The van der Waals surface area contributed by atoms with E-state index in [0.717, 1.165) is 17.3 Å².